The van der Waals surface area contributed by atoms with E-state index in [2.05, 4.69) is 10.6 Å². The van der Waals surface area contributed by atoms with Crippen LogP contribution in [-0.2, 0) is 4.79 Å². The van der Waals surface area contributed by atoms with Gasteiger partial charge in [-0.2, -0.15) is 0 Å². The monoisotopic (exact) mass is 270 g/mol. The van der Waals surface area contributed by atoms with E-state index < -0.39 is 23.7 Å². The number of rotatable bonds is 5. The molecule has 0 bridgehead atoms. The summed E-state index contributed by atoms with van der Waals surface area (Å²) in [6.07, 6.45) is 0. The minimum Gasteiger partial charge on any atom is -0.353 e. The summed E-state index contributed by atoms with van der Waals surface area (Å²) in [7, 11) is 0. The Kier molecular flexibility index (Phi) is 5.42. The lowest BCUT2D eigenvalue weighted by Crippen LogP contribution is -2.45. The molecule has 1 amide bonds. The second kappa shape index (κ2) is 6.61. The SMILES string of the molecule is CC(C)NC(=O)C(C)NC(C)c1cccc(F)c1F. The summed E-state index contributed by atoms with van der Waals surface area (Å²) in [6.45, 7) is 7.10. The van der Waals surface area contributed by atoms with Crippen LogP contribution in [0.15, 0.2) is 18.2 Å². The van der Waals surface area contributed by atoms with Crippen molar-refractivity contribution in [1.29, 1.82) is 0 Å². The molecule has 0 aliphatic carbocycles. The molecule has 0 fully saturated rings. The summed E-state index contributed by atoms with van der Waals surface area (Å²) in [6, 6.07) is 3.12. The van der Waals surface area contributed by atoms with Gasteiger partial charge in [-0.15, -0.1) is 0 Å². The standard InChI is InChI=1S/C14H20F2N2O/c1-8(2)17-14(19)10(4)18-9(3)11-6-5-7-12(15)13(11)16/h5-10,18H,1-4H3,(H,17,19). The Hall–Kier alpha value is -1.49. The fourth-order valence-corrected chi connectivity index (χ4v) is 1.80. The molecular formula is C14H20F2N2O. The fourth-order valence-electron chi connectivity index (χ4n) is 1.80. The van der Waals surface area contributed by atoms with Crippen molar-refractivity contribution in [1.82, 2.24) is 10.6 Å². The molecule has 19 heavy (non-hydrogen) atoms. The van der Waals surface area contributed by atoms with Crippen LogP contribution in [0.1, 0.15) is 39.3 Å². The van der Waals surface area contributed by atoms with E-state index in [0.29, 0.717) is 0 Å². The molecule has 2 atom stereocenters. The zero-order chi connectivity index (χ0) is 14.6. The van der Waals surface area contributed by atoms with E-state index in [1.165, 1.54) is 12.1 Å². The van der Waals surface area contributed by atoms with Gasteiger partial charge in [-0.3, -0.25) is 10.1 Å². The average molecular weight is 270 g/mol. The normalized spacial score (nSPS) is 14.3. The van der Waals surface area contributed by atoms with Crippen molar-refractivity contribution < 1.29 is 13.6 Å². The van der Waals surface area contributed by atoms with E-state index in [1.807, 2.05) is 13.8 Å². The molecule has 0 saturated carbocycles. The molecule has 0 aliphatic rings. The first-order valence-electron chi connectivity index (χ1n) is 6.33. The second-order valence-corrected chi connectivity index (χ2v) is 4.92. The Morgan fingerprint density at radius 3 is 2.37 bits per heavy atom. The van der Waals surface area contributed by atoms with E-state index in [4.69, 9.17) is 0 Å². The van der Waals surface area contributed by atoms with Crippen LogP contribution >= 0.6 is 0 Å². The van der Waals surface area contributed by atoms with Gasteiger partial charge in [0.2, 0.25) is 5.91 Å². The maximum Gasteiger partial charge on any atom is 0.237 e. The van der Waals surface area contributed by atoms with Gasteiger partial charge >= 0.3 is 0 Å². The van der Waals surface area contributed by atoms with Crippen molar-refractivity contribution in [2.75, 3.05) is 0 Å². The Morgan fingerprint density at radius 1 is 1.16 bits per heavy atom. The van der Waals surface area contributed by atoms with Gasteiger partial charge in [-0.05, 0) is 33.8 Å². The largest absolute Gasteiger partial charge is 0.353 e. The van der Waals surface area contributed by atoms with Crippen LogP contribution in [0.25, 0.3) is 0 Å². The number of carbonyl (C=O) groups excluding carboxylic acids is 1. The first-order valence-corrected chi connectivity index (χ1v) is 6.33. The van der Waals surface area contributed by atoms with Crippen LogP contribution in [0.3, 0.4) is 0 Å². The Morgan fingerprint density at radius 2 is 1.79 bits per heavy atom. The number of hydrogen-bond donors (Lipinski definition) is 2. The highest BCUT2D eigenvalue weighted by Gasteiger charge is 2.19. The molecule has 1 aromatic carbocycles. The predicted octanol–water partition coefficient (Wildman–Crippen LogP) is 2.53. The first kappa shape index (κ1) is 15.6. The predicted molar refractivity (Wildman–Crippen MR) is 70.6 cm³/mol. The maximum absolute atomic E-state index is 13.6. The van der Waals surface area contributed by atoms with Crippen LogP contribution in [0.2, 0.25) is 0 Å². The van der Waals surface area contributed by atoms with Gasteiger partial charge in [0.1, 0.15) is 0 Å². The third-order valence-electron chi connectivity index (χ3n) is 2.77. The molecule has 0 saturated heterocycles. The summed E-state index contributed by atoms with van der Waals surface area (Å²) in [5.41, 5.74) is 0.212. The summed E-state index contributed by atoms with van der Waals surface area (Å²) >= 11 is 0. The molecule has 106 valence electrons. The Bertz CT molecular complexity index is 449. The van der Waals surface area contributed by atoms with Gasteiger partial charge in [0.15, 0.2) is 11.6 Å². The minimum atomic E-state index is -0.884. The highest BCUT2D eigenvalue weighted by molar-refractivity contribution is 5.81. The van der Waals surface area contributed by atoms with Gasteiger partial charge in [-0.25, -0.2) is 8.78 Å². The molecule has 0 radical (unpaired) electrons. The summed E-state index contributed by atoms with van der Waals surface area (Å²) in [5, 5.41) is 5.71. The molecule has 0 aliphatic heterocycles. The third kappa shape index (κ3) is 4.28. The maximum atomic E-state index is 13.6. The van der Waals surface area contributed by atoms with Gasteiger partial charge in [0.25, 0.3) is 0 Å². The van der Waals surface area contributed by atoms with Crippen LogP contribution < -0.4 is 10.6 Å². The second-order valence-electron chi connectivity index (χ2n) is 4.92. The number of amides is 1. The smallest absolute Gasteiger partial charge is 0.237 e. The van der Waals surface area contributed by atoms with E-state index >= 15 is 0 Å². The Balaban J connectivity index is 2.71. The topological polar surface area (TPSA) is 41.1 Å². The lowest BCUT2D eigenvalue weighted by molar-refractivity contribution is -0.123. The Labute approximate surface area is 112 Å². The molecule has 0 aromatic heterocycles. The summed E-state index contributed by atoms with van der Waals surface area (Å²) in [4.78, 5) is 11.7. The molecule has 0 spiro atoms. The number of halogens is 2. The lowest BCUT2D eigenvalue weighted by atomic mass is 10.1. The van der Waals surface area contributed by atoms with Crippen LogP contribution in [0, 0.1) is 11.6 Å². The highest BCUT2D eigenvalue weighted by atomic mass is 19.2. The van der Waals surface area contributed by atoms with E-state index in [-0.39, 0.29) is 17.5 Å². The number of nitrogens with one attached hydrogen (secondary N) is 2. The molecule has 1 rings (SSSR count). The third-order valence-corrected chi connectivity index (χ3v) is 2.77. The zero-order valence-corrected chi connectivity index (χ0v) is 11.6. The molecular weight excluding hydrogens is 250 g/mol. The number of carbonyl (C=O) groups is 1. The highest BCUT2D eigenvalue weighted by Crippen LogP contribution is 2.19. The average Bonchev–Trinajstić information content (AvgIpc) is 2.31. The molecule has 2 N–H and O–H groups in total. The quantitative estimate of drug-likeness (QED) is 0.863. The minimum absolute atomic E-state index is 0.0398. The van der Waals surface area contributed by atoms with Crippen molar-refractivity contribution in [3.8, 4) is 0 Å². The number of benzene rings is 1. The molecule has 5 heteroatoms. The van der Waals surface area contributed by atoms with Gasteiger partial charge in [0.05, 0.1) is 6.04 Å². The van der Waals surface area contributed by atoms with Gasteiger partial charge < -0.3 is 5.32 Å². The zero-order valence-electron chi connectivity index (χ0n) is 11.6. The van der Waals surface area contributed by atoms with E-state index in [1.54, 1.807) is 13.8 Å². The molecule has 1 aromatic rings. The van der Waals surface area contributed by atoms with Gasteiger partial charge in [-0.1, -0.05) is 12.1 Å². The lowest BCUT2D eigenvalue weighted by Gasteiger charge is -2.21. The van der Waals surface area contributed by atoms with Crippen molar-refractivity contribution in [2.24, 2.45) is 0 Å². The van der Waals surface area contributed by atoms with Crippen LogP contribution in [-0.4, -0.2) is 18.0 Å². The van der Waals surface area contributed by atoms with Crippen molar-refractivity contribution in [3.63, 3.8) is 0 Å². The molecule has 0 heterocycles. The van der Waals surface area contributed by atoms with Crippen molar-refractivity contribution in [2.45, 2.75) is 45.8 Å². The number of hydrogen-bond acceptors (Lipinski definition) is 2. The molecule has 3 nitrogen and oxygen atoms in total. The van der Waals surface area contributed by atoms with Crippen molar-refractivity contribution >= 4 is 5.91 Å². The van der Waals surface area contributed by atoms with E-state index in [9.17, 15) is 13.6 Å². The van der Waals surface area contributed by atoms with Crippen molar-refractivity contribution in [3.05, 3.63) is 35.4 Å². The fraction of sp³-hybridized carbons (Fsp3) is 0.500. The van der Waals surface area contributed by atoms with Crippen LogP contribution in [0.4, 0.5) is 8.78 Å². The summed E-state index contributed by atoms with van der Waals surface area (Å²) < 4.78 is 26.7. The first-order chi connectivity index (χ1) is 8.82. The van der Waals surface area contributed by atoms with Crippen LogP contribution in [0.5, 0.6) is 0 Å². The summed E-state index contributed by atoms with van der Waals surface area (Å²) in [5.74, 6) is -1.93. The molecule has 2 unspecified atom stereocenters. The van der Waals surface area contributed by atoms with E-state index in [0.717, 1.165) is 6.07 Å². The van der Waals surface area contributed by atoms with Gasteiger partial charge in [0, 0.05) is 17.6 Å².